The van der Waals surface area contributed by atoms with E-state index in [4.69, 9.17) is 9.26 Å². The molecule has 0 aliphatic carbocycles. The summed E-state index contributed by atoms with van der Waals surface area (Å²) < 4.78 is 24.5. The predicted octanol–water partition coefficient (Wildman–Crippen LogP) is 3.66. The zero-order chi connectivity index (χ0) is 19.9. The molecule has 0 saturated carbocycles. The normalized spacial score (nSPS) is 10.7. The molecule has 1 amide bonds. The van der Waals surface area contributed by atoms with Crippen LogP contribution in [0.2, 0.25) is 0 Å². The van der Waals surface area contributed by atoms with Crippen molar-refractivity contribution >= 4 is 5.91 Å². The van der Waals surface area contributed by atoms with E-state index >= 15 is 0 Å². The second-order valence-electron chi connectivity index (χ2n) is 6.35. The molecule has 146 valence electrons. The average Bonchev–Trinajstić information content (AvgIpc) is 3.18. The Hall–Kier alpha value is -3.22. The van der Waals surface area contributed by atoms with E-state index in [0.29, 0.717) is 24.7 Å². The molecule has 1 aromatic heterocycles. The van der Waals surface area contributed by atoms with Crippen LogP contribution in [0.5, 0.6) is 5.75 Å². The lowest BCUT2D eigenvalue weighted by atomic mass is 10.2. The van der Waals surface area contributed by atoms with Crippen LogP contribution in [0.4, 0.5) is 4.39 Å². The molecule has 0 aliphatic rings. The van der Waals surface area contributed by atoms with Crippen molar-refractivity contribution in [3.63, 3.8) is 0 Å². The highest BCUT2D eigenvalue weighted by Gasteiger charge is 2.16. The van der Waals surface area contributed by atoms with Crippen molar-refractivity contribution in [2.75, 3.05) is 13.6 Å². The molecule has 1 heterocycles. The van der Waals surface area contributed by atoms with E-state index in [0.717, 1.165) is 12.2 Å². The van der Waals surface area contributed by atoms with Crippen LogP contribution < -0.4 is 4.74 Å². The van der Waals surface area contributed by atoms with Gasteiger partial charge in [-0.1, -0.05) is 36.3 Å². The molecule has 0 N–H and O–H groups in total. The zero-order valence-electron chi connectivity index (χ0n) is 15.9. The number of likely N-dealkylation sites (N-methyl/N-ethyl adjacent to an activating group) is 1. The van der Waals surface area contributed by atoms with Gasteiger partial charge in [0, 0.05) is 20.0 Å². The fourth-order valence-electron chi connectivity index (χ4n) is 2.63. The topological polar surface area (TPSA) is 68.5 Å². The number of benzene rings is 2. The summed E-state index contributed by atoms with van der Waals surface area (Å²) in [6, 6.07) is 13.7. The van der Waals surface area contributed by atoms with Crippen LogP contribution >= 0.6 is 0 Å². The number of carbonyl (C=O) groups is 1. The van der Waals surface area contributed by atoms with Crippen LogP contribution in [0.25, 0.3) is 0 Å². The number of hydrogen-bond acceptors (Lipinski definition) is 5. The number of amides is 1. The monoisotopic (exact) mass is 383 g/mol. The van der Waals surface area contributed by atoms with E-state index in [1.807, 2.05) is 24.3 Å². The number of halogens is 1. The molecule has 0 radical (unpaired) electrons. The molecule has 0 spiro atoms. The van der Waals surface area contributed by atoms with Crippen LogP contribution in [0, 0.1) is 5.82 Å². The van der Waals surface area contributed by atoms with E-state index in [1.54, 1.807) is 19.2 Å². The Bertz CT molecular complexity index is 925. The summed E-state index contributed by atoms with van der Waals surface area (Å²) in [4.78, 5) is 18.0. The first-order valence-corrected chi connectivity index (χ1v) is 9.10. The van der Waals surface area contributed by atoms with E-state index in [-0.39, 0.29) is 18.1 Å². The molecule has 0 atom stereocenters. The SMILES string of the molecule is CCc1ccc(OCc2nc(CCN(C)C(=O)c3ccccc3F)no2)cc1. The summed E-state index contributed by atoms with van der Waals surface area (Å²) in [5.41, 5.74) is 1.28. The minimum atomic E-state index is -0.537. The molecule has 2 aromatic carbocycles. The molecule has 0 saturated heterocycles. The van der Waals surface area contributed by atoms with Gasteiger partial charge in [0.1, 0.15) is 11.6 Å². The second kappa shape index (κ2) is 9.12. The lowest BCUT2D eigenvalue weighted by Crippen LogP contribution is -2.29. The van der Waals surface area contributed by atoms with Gasteiger partial charge in [-0.2, -0.15) is 4.98 Å². The van der Waals surface area contributed by atoms with Crippen molar-refractivity contribution in [1.29, 1.82) is 0 Å². The fraction of sp³-hybridized carbons (Fsp3) is 0.286. The number of hydrogen-bond donors (Lipinski definition) is 0. The van der Waals surface area contributed by atoms with Gasteiger partial charge in [-0.15, -0.1) is 0 Å². The van der Waals surface area contributed by atoms with Gasteiger partial charge < -0.3 is 14.2 Å². The molecule has 6 nitrogen and oxygen atoms in total. The largest absolute Gasteiger partial charge is 0.484 e. The van der Waals surface area contributed by atoms with Crippen molar-refractivity contribution in [3.8, 4) is 5.75 Å². The highest BCUT2D eigenvalue weighted by molar-refractivity contribution is 5.94. The van der Waals surface area contributed by atoms with Crippen molar-refractivity contribution in [3.05, 3.63) is 77.2 Å². The van der Waals surface area contributed by atoms with Crippen LogP contribution in [0.1, 0.15) is 34.6 Å². The summed E-state index contributed by atoms with van der Waals surface area (Å²) >= 11 is 0. The molecule has 7 heteroatoms. The van der Waals surface area contributed by atoms with Gasteiger partial charge in [-0.25, -0.2) is 4.39 Å². The minimum Gasteiger partial charge on any atom is -0.484 e. The van der Waals surface area contributed by atoms with Gasteiger partial charge in [-0.3, -0.25) is 4.79 Å². The molecular weight excluding hydrogens is 361 g/mol. The molecule has 0 bridgehead atoms. The van der Waals surface area contributed by atoms with Crippen LogP contribution in [-0.4, -0.2) is 34.5 Å². The number of nitrogens with zero attached hydrogens (tertiary/aromatic N) is 3. The highest BCUT2D eigenvalue weighted by atomic mass is 19.1. The molecular formula is C21H22FN3O3. The van der Waals surface area contributed by atoms with Crippen LogP contribution in [0.15, 0.2) is 53.1 Å². The maximum absolute atomic E-state index is 13.7. The number of carbonyl (C=O) groups excluding carboxylic acids is 1. The molecule has 0 fully saturated rings. The van der Waals surface area contributed by atoms with E-state index in [1.165, 1.54) is 22.6 Å². The van der Waals surface area contributed by atoms with Gasteiger partial charge >= 0.3 is 0 Å². The third-order valence-corrected chi connectivity index (χ3v) is 4.33. The Labute approximate surface area is 162 Å². The van der Waals surface area contributed by atoms with Gasteiger partial charge in [0.2, 0.25) is 0 Å². The first-order chi connectivity index (χ1) is 13.6. The second-order valence-corrected chi connectivity index (χ2v) is 6.35. The van der Waals surface area contributed by atoms with Crippen LogP contribution in [-0.2, 0) is 19.4 Å². The minimum absolute atomic E-state index is 0.0429. The zero-order valence-corrected chi connectivity index (χ0v) is 15.9. The van der Waals surface area contributed by atoms with Crippen molar-refractivity contribution in [1.82, 2.24) is 15.0 Å². The molecule has 0 unspecified atom stereocenters. The van der Waals surface area contributed by atoms with Gasteiger partial charge in [-0.05, 0) is 36.2 Å². The number of ether oxygens (including phenoxy) is 1. The van der Waals surface area contributed by atoms with E-state index < -0.39 is 5.82 Å². The van der Waals surface area contributed by atoms with Gasteiger partial charge in [0.15, 0.2) is 12.4 Å². The Morgan fingerprint density at radius 3 is 2.64 bits per heavy atom. The summed E-state index contributed by atoms with van der Waals surface area (Å²) in [7, 11) is 1.61. The summed E-state index contributed by atoms with van der Waals surface area (Å²) in [5, 5.41) is 3.90. The quantitative estimate of drug-likeness (QED) is 0.594. The molecule has 0 aliphatic heterocycles. The first-order valence-electron chi connectivity index (χ1n) is 9.10. The van der Waals surface area contributed by atoms with Crippen LogP contribution in [0.3, 0.4) is 0 Å². The van der Waals surface area contributed by atoms with Crippen molar-refractivity contribution < 1.29 is 18.4 Å². The van der Waals surface area contributed by atoms with Gasteiger partial charge in [0.25, 0.3) is 11.8 Å². The van der Waals surface area contributed by atoms with E-state index in [9.17, 15) is 9.18 Å². The smallest absolute Gasteiger partial charge is 0.264 e. The average molecular weight is 383 g/mol. The number of aryl methyl sites for hydroxylation is 1. The van der Waals surface area contributed by atoms with Crippen molar-refractivity contribution in [2.45, 2.75) is 26.4 Å². The summed E-state index contributed by atoms with van der Waals surface area (Å²) in [6.45, 7) is 2.60. The lowest BCUT2D eigenvalue weighted by Gasteiger charge is -2.16. The molecule has 3 aromatic rings. The van der Waals surface area contributed by atoms with Gasteiger partial charge in [0.05, 0.1) is 5.56 Å². The fourth-order valence-corrected chi connectivity index (χ4v) is 2.63. The summed E-state index contributed by atoms with van der Waals surface area (Å²) in [5.74, 6) is 0.629. The van der Waals surface area contributed by atoms with E-state index in [2.05, 4.69) is 17.1 Å². The standard InChI is InChI=1S/C21H22FN3O3/c1-3-15-8-10-16(11-9-15)27-14-20-23-19(24-28-20)12-13-25(2)21(26)17-6-4-5-7-18(17)22/h4-11H,3,12-14H2,1-2H3. The third-order valence-electron chi connectivity index (χ3n) is 4.33. The maximum atomic E-state index is 13.7. The van der Waals surface area contributed by atoms with Crippen molar-refractivity contribution in [2.24, 2.45) is 0 Å². The molecule has 28 heavy (non-hydrogen) atoms. The number of aromatic nitrogens is 2. The third kappa shape index (κ3) is 4.94. The first kappa shape index (κ1) is 19.5. The maximum Gasteiger partial charge on any atom is 0.264 e. The lowest BCUT2D eigenvalue weighted by molar-refractivity contribution is 0.0791. The number of rotatable bonds is 8. The molecule has 3 rings (SSSR count). The summed E-state index contributed by atoms with van der Waals surface area (Å²) in [6.07, 6.45) is 1.37. The Morgan fingerprint density at radius 2 is 1.93 bits per heavy atom. The Morgan fingerprint density at radius 1 is 1.18 bits per heavy atom. The predicted molar refractivity (Wildman–Crippen MR) is 102 cm³/mol. The Balaban J connectivity index is 1.50. The Kier molecular flexibility index (Phi) is 6.37. The highest BCUT2D eigenvalue weighted by Crippen LogP contribution is 2.14.